The molecule has 2 aromatic rings. The Bertz CT molecular complexity index is 717. The number of amides is 1. The van der Waals surface area contributed by atoms with Crippen LogP contribution in [-0.2, 0) is 17.8 Å². The molecule has 27 heavy (non-hydrogen) atoms. The molecule has 0 spiro atoms. The summed E-state index contributed by atoms with van der Waals surface area (Å²) in [6.07, 6.45) is 0.429. The van der Waals surface area contributed by atoms with Crippen molar-refractivity contribution in [3.63, 3.8) is 0 Å². The third kappa shape index (κ3) is 7.40. The van der Waals surface area contributed by atoms with Crippen LogP contribution >= 0.6 is 12.4 Å². The zero-order valence-electron chi connectivity index (χ0n) is 14.9. The third-order valence-corrected chi connectivity index (χ3v) is 3.63. The van der Waals surface area contributed by atoms with E-state index in [0.717, 1.165) is 5.56 Å². The Morgan fingerprint density at radius 2 is 1.81 bits per heavy atom. The predicted octanol–water partition coefficient (Wildman–Crippen LogP) is 3.29. The van der Waals surface area contributed by atoms with Gasteiger partial charge in [0.05, 0.1) is 12.6 Å². The fourth-order valence-corrected chi connectivity index (χ4v) is 2.41. The van der Waals surface area contributed by atoms with Gasteiger partial charge in [-0.3, -0.25) is 4.79 Å². The number of hydrogen-bond donors (Lipinski definition) is 2. The molecular formula is C19H23ClF2N2O3. The second-order valence-electron chi connectivity index (χ2n) is 5.61. The standard InChI is InChI=1S/C19H22F2N2O3.ClH/c1-2-25-17-11-14(8-9-16(17)26-19(20)21)12-23-18(24)15(22)10-13-6-4-3-5-7-13;/h3-9,11,15,19H,2,10,12,22H2,1H3,(H,23,24);1H/t15-;/m0./s1. The lowest BCUT2D eigenvalue weighted by Gasteiger charge is -2.15. The monoisotopic (exact) mass is 400 g/mol. The first-order chi connectivity index (χ1) is 12.5. The van der Waals surface area contributed by atoms with Crippen LogP contribution in [0.25, 0.3) is 0 Å². The Labute approximate surface area is 163 Å². The molecular weight excluding hydrogens is 378 g/mol. The van der Waals surface area contributed by atoms with Crippen molar-refractivity contribution in [1.82, 2.24) is 5.32 Å². The average molecular weight is 401 g/mol. The number of halogens is 3. The molecule has 3 N–H and O–H groups in total. The number of alkyl halides is 2. The molecule has 1 atom stereocenters. The summed E-state index contributed by atoms with van der Waals surface area (Å²) < 4.78 is 34.6. The quantitative estimate of drug-likeness (QED) is 0.677. The van der Waals surface area contributed by atoms with Crippen molar-refractivity contribution in [2.45, 2.75) is 32.5 Å². The van der Waals surface area contributed by atoms with Gasteiger partial charge in [0.2, 0.25) is 5.91 Å². The molecule has 1 amide bonds. The number of benzene rings is 2. The Morgan fingerprint density at radius 3 is 2.44 bits per heavy atom. The lowest BCUT2D eigenvalue weighted by Crippen LogP contribution is -2.41. The van der Waals surface area contributed by atoms with E-state index < -0.39 is 12.7 Å². The molecule has 0 aliphatic heterocycles. The molecule has 0 heterocycles. The van der Waals surface area contributed by atoms with Gasteiger partial charge in [-0.15, -0.1) is 12.4 Å². The molecule has 0 fully saturated rings. The van der Waals surface area contributed by atoms with E-state index in [4.69, 9.17) is 10.5 Å². The van der Waals surface area contributed by atoms with Crippen LogP contribution in [0, 0.1) is 0 Å². The number of hydrogen-bond acceptors (Lipinski definition) is 4. The zero-order valence-corrected chi connectivity index (χ0v) is 15.7. The minimum absolute atomic E-state index is 0. The van der Waals surface area contributed by atoms with E-state index in [1.807, 2.05) is 30.3 Å². The molecule has 0 saturated carbocycles. The maximum atomic E-state index is 12.4. The maximum absolute atomic E-state index is 12.4. The molecule has 2 rings (SSSR count). The summed E-state index contributed by atoms with van der Waals surface area (Å²) in [6.45, 7) is -0.688. The fraction of sp³-hybridized carbons (Fsp3) is 0.316. The minimum Gasteiger partial charge on any atom is -0.490 e. The van der Waals surface area contributed by atoms with E-state index in [9.17, 15) is 13.6 Å². The zero-order chi connectivity index (χ0) is 18.9. The number of rotatable bonds is 9. The topological polar surface area (TPSA) is 73.6 Å². The highest BCUT2D eigenvalue weighted by molar-refractivity contribution is 5.85. The van der Waals surface area contributed by atoms with Crippen LogP contribution in [0.5, 0.6) is 11.5 Å². The van der Waals surface area contributed by atoms with Crippen molar-refractivity contribution < 1.29 is 23.0 Å². The Kier molecular flexibility index (Phi) is 9.53. The van der Waals surface area contributed by atoms with Crippen LogP contribution in [0.2, 0.25) is 0 Å². The molecule has 0 bridgehead atoms. The number of ether oxygens (including phenoxy) is 2. The Morgan fingerprint density at radius 1 is 1.11 bits per heavy atom. The summed E-state index contributed by atoms with van der Waals surface area (Å²) in [5.74, 6) is -0.134. The SMILES string of the molecule is CCOc1cc(CNC(=O)[C@@H](N)Cc2ccccc2)ccc1OC(F)F.Cl. The molecule has 8 heteroatoms. The molecule has 0 unspecified atom stereocenters. The summed E-state index contributed by atoms with van der Waals surface area (Å²) in [5, 5.41) is 2.74. The fourth-order valence-electron chi connectivity index (χ4n) is 2.41. The number of nitrogens with two attached hydrogens (primary N) is 1. The van der Waals surface area contributed by atoms with Crippen LogP contribution in [0.4, 0.5) is 8.78 Å². The van der Waals surface area contributed by atoms with Crippen LogP contribution in [0.3, 0.4) is 0 Å². The van der Waals surface area contributed by atoms with E-state index in [2.05, 4.69) is 10.1 Å². The van der Waals surface area contributed by atoms with Crippen molar-refractivity contribution in [2.75, 3.05) is 6.61 Å². The van der Waals surface area contributed by atoms with Crippen molar-refractivity contribution in [1.29, 1.82) is 0 Å². The lowest BCUT2D eigenvalue weighted by molar-refractivity contribution is -0.122. The second-order valence-corrected chi connectivity index (χ2v) is 5.61. The Hall–Kier alpha value is -2.38. The summed E-state index contributed by atoms with van der Waals surface area (Å²) in [7, 11) is 0. The van der Waals surface area contributed by atoms with E-state index in [1.54, 1.807) is 19.1 Å². The molecule has 0 aromatic heterocycles. The van der Waals surface area contributed by atoms with Gasteiger partial charge < -0.3 is 20.5 Å². The maximum Gasteiger partial charge on any atom is 0.387 e. The van der Waals surface area contributed by atoms with Crippen LogP contribution < -0.4 is 20.5 Å². The molecule has 0 saturated heterocycles. The molecule has 2 aromatic carbocycles. The molecule has 148 valence electrons. The van der Waals surface area contributed by atoms with E-state index in [0.29, 0.717) is 18.6 Å². The number of carbonyl (C=O) groups excluding carboxylic acids is 1. The first-order valence-electron chi connectivity index (χ1n) is 8.27. The summed E-state index contributed by atoms with van der Waals surface area (Å²) >= 11 is 0. The van der Waals surface area contributed by atoms with Gasteiger partial charge in [0.15, 0.2) is 11.5 Å². The van der Waals surface area contributed by atoms with Crippen LogP contribution in [-0.4, -0.2) is 25.2 Å². The Balaban J connectivity index is 0.00000364. The van der Waals surface area contributed by atoms with Gasteiger partial charge in [-0.2, -0.15) is 8.78 Å². The van der Waals surface area contributed by atoms with Gasteiger partial charge in [0.25, 0.3) is 0 Å². The normalized spacial score (nSPS) is 11.4. The van der Waals surface area contributed by atoms with Crippen LogP contribution in [0.1, 0.15) is 18.1 Å². The van der Waals surface area contributed by atoms with Gasteiger partial charge in [-0.1, -0.05) is 36.4 Å². The van der Waals surface area contributed by atoms with Gasteiger partial charge in [-0.05, 0) is 36.6 Å². The summed E-state index contributed by atoms with van der Waals surface area (Å²) in [5.41, 5.74) is 7.59. The van der Waals surface area contributed by atoms with Gasteiger partial charge in [0, 0.05) is 6.54 Å². The molecule has 0 aliphatic rings. The summed E-state index contributed by atoms with van der Waals surface area (Å²) in [4.78, 5) is 12.2. The van der Waals surface area contributed by atoms with Crippen LogP contribution in [0.15, 0.2) is 48.5 Å². The predicted molar refractivity (Wildman–Crippen MR) is 101 cm³/mol. The van der Waals surface area contributed by atoms with E-state index >= 15 is 0 Å². The van der Waals surface area contributed by atoms with E-state index in [-0.39, 0.29) is 36.4 Å². The minimum atomic E-state index is -2.93. The first-order valence-corrected chi connectivity index (χ1v) is 8.27. The average Bonchev–Trinajstić information content (AvgIpc) is 2.62. The third-order valence-electron chi connectivity index (χ3n) is 3.63. The second kappa shape index (κ2) is 11.4. The molecule has 5 nitrogen and oxygen atoms in total. The van der Waals surface area contributed by atoms with Gasteiger partial charge in [-0.25, -0.2) is 0 Å². The van der Waals surface area contributed by atoms with E-state index in [1.165, 1.54) is 6.07 Å². The largest absolute Gasteiger partial charge is 0.490 e. The highest BCUT2D eigenvalue weighted by Crippen LogP contribution is 2.29. The van der Waals surface area contributed by atoms with Gasteiger partial charge in [0.1, 0.15) is 0 Å². The smallest absolute Gasteiger partial charge is 0.387 e. The van der Waals surface area contributed by atoms with Crippen molar-refractivity contribution in [2.24, 2.45) is 5.73 Å². The van der Waals surface area contributed by atoms with Crippen molar-refractivity contribution >= 4 is 18.3 Å². The number of nitrogens with one attached hydrogen (secondary N) is 1. The molecule has 0 radical (unpaired) electrons. The number of carbonyl (C=O) groups is 1. The van der Waals surface area contributed by atoms with Gasteiger partial charge >= 0.3 is 6.61 Å². The van der Waals surface area contributed by atoms with Crippen molar-refractivity contribution in [3.8, 4) is 11.5 Å². The highest BCUT2D eigenvalue weighted by atomic mass is 35.5. The summed E-state index contributed by atoms with van der Waals surface area (Å²) in [6, 6.07) is 13.3. The highest BCUT2D eigenvalue weighted by Gasteiger charge is 2.15. The molecule has 0 aliphatic carbocycles. The lowest BCUT2D eigenvalue weighted by atomic mass is 10.1. The first kappa shape index (κ1) is 22.7. The van der Waals surface area contributed by atoms with Crippen molar-refractivity contribution in [3.05, 3.63) is 59.7 Å².